The fraction of sp³-hybridized carbons (Fsp3) is 0.429. The highest BCUT2D eigenvalue weighted by molar-refractivity contribution is 5.95. The molecule has 1 rings (SSSR count). The number of ether oxygens (including phenoxy) is 1. The van der Waals surface area contributed by atoms with Crippen LogP contribution in [0.5, 0.6) is 0 Å². The molecule has 0 fully saturated rings. The summed E-state index contributed by atoms with van der Waals surface area (Å²) in [6.45, 7) is 5.78. The van der Waals surface area contributed by atoms with Crippen LogP contribution in [0.2, 0.25) is 0 Å². The molecule has 1 aromatic carbocycles. The van der Waals surface area contributed by atoms with E-state index in [0.29, 0.717) is 12.2 Å². The smallest absolute Gasteiger partial charge is 0.307 e. The molecule has 1 aromatic rings. The molecule has 1 unspecified atom stereocenters. The number of hydrogen-bond donors (Lipinski definition) is 1. The van der Waals surface area contributed by atoms with Gasteiger partial charge in [-0.3, -0.25) is 9.59 Å². The maximum Gasteiger partial charge on any atom is 0.307 e. The number of hydrogen-bond acceptors (Lipinski definition) is 3. The fourth-order valence-corrected chi connectivity index (χ4v) is 1.65. The third-order valence-electron chi connectivity index (χ3n) is 2.55. The van der Waals surface area contributed by atoms with Gasteiger partial charge in [0.25, 0.3) is 5.91 Å². The highest BCUT2D eigenvalue weighted by atomic mass is 16.5. The van der Waals surface area contributed by atoms with Crippen LogP contribution in [-0.2, 0) is 9.53 Å². The number of carbonyl (C=O) groups is 2. The number of amides is 1. The van der Waals surface area contributed by atoms with Gasteiger partial charge in [0.15, 0.2) is 0 Å². The summed E-state index contributed by atoms with van der Waals surface area (Å²) in [5.41, 5.74) is 1.55. The van der Waals surface area contributed by atoms with E-state index in [9.17, 15) is 9.59 Å². The molecule has 0 aliphatic rings. The van der Waals surface area contributed by atoms with Gasteiger partial charge in [0, 0.05) is 11.6 Å². The van der Waals surface area contributed by atoms with Crippen LogP contribution in [-0.4, -0.2) is 24.5 Å². The van der Waals surface area contributed by atoms with Crippen LogP contribution in [0.1, 0.15) is 36.2 Å². The lowest BCUT2D eigenvalue weighted by Crippen LogP contribution is -2.34. The van der Waals surface area contributed by atoms with Crippen molar-refractivity contribution in [2.45, 2.75) is 33.2 Å². The van der Waals surface area contributed by atoms with E-state index in [1.54, 1.807) is 19.9 Å². The van der Waals surface area contributed by atoms with Gasteiger partial charge in [-0.2, -0.15) is 0 Å². The van der Waals surface area contributed by atoms with E-state index in [2.05, 4.69) is 5.32 Å². The summed E-state index contributed by atoms with van der Waals surface area (Å²) in [6.07, 6.45) is 0.186. The molecule has 0 bridgehead atoms. The SMILES string of the molecule is CCOC(=O)CC(C)NC(=O)c1ccccc1C. The average molecular weight is 249 g/mol. The fourth-order valence-electron chi connectivity index (χ4n) is 1.65. The molecule has 0 spiro atoms. The zero-order valence-corrected chi connectivity index (χ0v) is 11.0. The molecule has 1 atom stereocenters. The monoisotopic (exact) mass is 249 g/mol. The van der Waals surface area contributed by atoms with Crippen molar-refractivity contribution >= 4 is 11.9 Å². The van der Waals surface area contributed by atoms with E-state index in [1.807, 2.05) is 25.1 Å². The van der Waals surface area contributed by atoms with E-state index >= 15 is 0 Å². The number of aryl methyl sites for hydroxylation is 1. The van der Waals surface area contributed by atoms with Crippen molar-refractivity contribution in [3.05, 3.63) is 35.4 Å². The third-order valence-corrected chi connectivity index (χ3v) is 2.55. The maximum atomic E-state index is 12.0. The second kappa shape index (κ2) is 6.79. The Labute approximate surface area is 107 Å². The van der Waals surface area contributed by atoms with Crippen LogP contribution in [0.15, 0.2) is 24.3 Å². The van der Waals surface area contributed by atoms with E-state index in [1.165, 1.54) is 0 Å². The Balaban J connectivity index is 2.55. The second-order valence-electron chi connectivity index (χ2n) is 4.20. The van der Waals surface area contributed by atoms with Gasteiger partial charge in [0.2, 0.25) is 0 Å². The number of benzene rings is 1. The Morgan fingerprint density at radius 3 is 2.61 bits per heavy atom. The molecular formula is C14H19NO3. The largest absolute Gasteiger partial charge is 0.466 e. The molecule has 0 saturated carbocycles. The summed E-state index contributed by atoms with van der Waals surface area (Å²) in [4.78, 5) is 23.2. The van der Waals surface area contributed by atoms with E-state index in [-0.39, 0.29) is 24.3 Å². The van der Waals surface area contributed by atoms with Gasteiger partial charge in [0.05, 0.1) is 13.0 Å². The van der Waals surface area contributed by atoms with Gasteiger partial charge in [-0.25, -0.2) is 0 Å². The Hall–Kier alpha value is -1.84. The molecule has 1 amide bonds. The first-order valence-corrected chi connectivity index (χ1v) is 6.06. The summed E-state index contributed by atoms with van der Waals surface area (Å²) in [5, 5.41) is 2.79. The summed E-state index contributed by atoms with van der Waals surface area (Å²) >= 11 is 0. The molecule has 0 aromatic heterocycles. The number of carbonyl (C=O) groups excluding carboxylic acids is 2. The maximum absolute atomic E-state index is 12.0. The van der Waals surface area contributed by atoms with Crippen LogP contribution >= 0.6 is 0 Å². The summed E-state index contributed by atoms with van der Waals surface area (Å²) in [6, 6.07) is 7.11. The van der Waals surface area contributed by atoms with Crippen molar-refractivity contribution < 1.29 is 14.3 Å². The minimum atomic E-state index is -0.296. The summed E-state index contributed by atoms with van der Waals surface area (Å²) in [7, 11) is 0. The molecule has 4 heteroatoms. The first-order valence-electron chi connectivity index (χ1n) is 6.06. The number of nitrogens with one attached hydrogen (secondary N) is 1. The van der Waals surface area contributed by atoms with Gasteiger partial charge in [-0.05, 0) is 32.4 Å². The van der Waals surface area contributed by atoms with Crippen LogP contribution in [0.4, 0.5) is 0 Å². The molecule has 0 aliphatic carbocycles. The van der Waals surface area contributed by atoms with Crippen LogP contribution < -0.4 is 5.32 Å². The minimum Gasteiger partial charge on any atom is -0.466 e. The van der Waals surface area contributed by atoms with Crippen LogP contribution in [0, 0.1) is 6.92 Å². The molecule has 0 aliphatic heterocycles. The van der Waals surface area contributed by atoms with Gasteiger partial charge in [0.1, 0.15) is 0 Å². The summed E-state index contributed by atoms with van der Waals surface area (Å²) < 4.78 is 4.83. The van der Waals surface area contributed by atoms with Crippen molar-refractivity contribution in [1.82, 2.24) is 5.32 Å². The second-order valence-corrected chi connectivity index (χ2v) is 4.20. The minimum absolute atomic E-state index is 0.162. The van der Waals surface area contributed by atoms with Gasteiger partial charge in [-0.15, -0.1) is 0 Å². The van der Waals surface area contributed by atoms with Crippen molar-refractivity contribution in [3.8, 4) is 0 Å². The van der Waals surface area contributed by atoms with Crippen LogP contribution in [0.25, 0.3) is 0 Å². The molecule has 18 heavy (non-hydrogen) atoms. The lowest BCUT2D eigenvalue weighted by Gasteiger charge is -2.14. The molecule has 0 saturated heterocycles. The zero-order valence-electron chi connectivity index (χ0n) is 11.0. The third kappa shape index (κ3) is 4.20. The Bertz CT molecular complexity index is 429. The average Bonchev–Trinajstić information content (AvgIpc) is 2.29. The van der Waals surface area contributed by atoms with E-state index in [0.717, 1.165) is 5.56 Å². The number of esters is 1. The quantitative estimate of drug-likeness (QED) is 0.813. The summed E-state index contributed by atoms with van der Waals surface area (Å²) in [5.74, 6) is -0.458. The lowest BCUT2D eigenvalue weighted by molar-refractivity contribution is -0.143. The topological polar surface area (TPSA) is 55.4 Å². The van der Waals surface area contributed by atoms with Gasteiger partial charge >= 0.3 is 5.97 Å². The molecule has 98 valence electrons. The van der Waals surface area contributed by atoms with Crippen molar-refractivity contribution in [2.24, 2.45) is 0 Å². The predicted molar refractivity (Wildman–Crippen MR) is 69.4 cm³/mol. The van der Waals surface area contributed by atoms with Crippen LogP contribution in [0.3, 0.4) is 0 Å². The van der Waals surface area contributed by atoms with E-state index < -0.39 is 0 Å². The van der Waals surface area contributed by atoms with Crippen molar-refractivity contribution in [3.63, 3.8) is 0 Å². The Kier molecular flexibility index (Phi) is 5.36. The zero-order chi connectivity index (χ0) is 13.5. The molecule has 1 N–H and O–H groups in total. The molecule has 0 radical (unpaired) electrons. The standard InChI is InChI=1S/C14H19NO3/c1-4-18-13(16)9-11(3)15-14(17)12-8-6-5-7-10(12)2/h5-8,11H,4,9H2,1-3H3,(H,15,17). The molecule has 0 heterocycles. The first-order chi connectivity index (χ1) is 8.54. The predicted octanol–water partition coefficient (Wildman–Crippen LogP) is 2.07. The highest BCUT2D eigenvalue weighted by Gasteiger charge is 2.14. The number of rotatable bonds is 5. The Morgan fingerprint density at radius 2 is 2.00 bits per heavy atom. The van der Waals surface area contributed by atoms with Gasteiger partial charge in [-0.1, -0.05) is 18.2 Å². The normalized spacial score (nSPS) is 11.7. The Morgan fingerprint density at radius 1 is 1.33 bits per heavy atom. The molecule has 4 nitrogen and oxygen atoms in total. The highest BCUT2D eigenvalue weighted by Crippen LogP contribution is 2.07. The van der Waals surface area contributed by atoms with Gasteiger partial charge < -0.3 is 10.1 Å². The first kappa shape index (κ1) is 14.2. The van der Waals surface area contributed by atoms with Crippen molar-refractivity contribution in [2.75, 3.05) is 6.61 Å². The lowest BCUT2D eigenvalue weighted by atomic mass is 10.1. The molecular weight excluding hydrogens is 230 g/mol. The van der Waals surface area contributed by atoms with E-state index in [4.69, 9.17) is 4.74 Å². The van der Waals surface area contributed by atoms with Crippen molar-refractivity contribution in [1.29, 1.82) is 0 Å².